The number of hydrogen-bond donors (Lipinski definition) is 1. The van der Waals surface area contributed by atoms with Crippen molar-refractivity contribution in [1.82, 2.24) is 5.32 Å². The minimum absolute atomic E-state index is 0.403. The van der Waals surface area contributed by atoms with E-state index in [1.165, 1.54) is 10.5 Å². The van der Waals surface area contributed by atoms with Crippen molar-refractivity contribution >= 4 is 11.8 Å². The van der Waals surface area contributed by atoms with Crippen LogP contribution in [0.1, 0.15) is 46.2 Å². The van der Waals surface area contributed by atoms with E-state index in [9.17, 15) is 0 Å². The van der Waals surface area contributed by atoms with Crippen molar-refractivity contribution in [3.8, 4) is 0 Å². The summed E-state index contributed by atoms with van der Waals surface area (Å²) in [5, 5.41) is 3.78. The number of nitrogens with one attached hydrogen (secondary N) is 1. The zero-order chi connectivity index (χ0) is 13.6. The third-order valence-electron chi connectivity index (χ3n) is 5.05. The Kier molecular flexibility index (Phi) is 3.54. The first-order chi connectivity index (χ1) is 8.30. The summed E-state index contributed by atoms with van der Waals surface area (Å²) in [5.74, 6) is 0. The second-order valence-electron chi connectivity index (χ2n) is 6.54. The molecule has 100 valence electrons. The van der Waals surface area contributed by atoms with E-state index >= 15 is 0 Å². The summed E-state index contributed by atoms with van der Waals surface area (Å²) in [4.78, 5) is 1.33. The van der Waals surface area contributed by atoms with Crippen molar-refractivity contribution < 1.29 is 0 Å². The van der Waals surface area contributed by atoms with E-state index in [4.69, 9.17) is 0 Å². The number of hydrogen-bond acceptors (Lipinski definition) is 2. The van der Waals surface area contributed by atoms with Gasteiger partial charge in [-0.1, -0.05) is 39.8 Å². The topological polar surface area (TPSA) is 12.0 Å². The maximum atomic E-state index is 3.78. The highest BCUT2D eigenvalue weighted by Crippen LogP contribution is 2.63. The van der Waals surface area contributed by atoms with Gasteiger partial charge in [-0.05, 0) is 41.7 Å². The van der Waals surface area contributed by atoms with Gasteiger partial charge in [0.15, 0.2) is 0 Å². The summed E-state index contributed by atoms with van der Waals surface area (Å²) in [6.45, 7) is 11.7. The average Bonchev–Trinajstić information content (AvgIpc) is 2.72. The zero-order valence-electron chi connectivity index (χ0n) is 12.4. The van der Waals surface area contributed by atoms with Crippen molar-refractivity contribution in [2.75, 3.05) is 6.26 Å². The normalized spacial score (nSPS) is 22.8. The van der Waals surface area contributed by atoms with Crippen LogP contribution in [0.2, 0.25) is 0 Å². The van der Waals surface area contributed by atoms with Crippen LogP contribution in [0, 0.1) is 10.8 Å². The standard InChI is InChI=1S/C16H25NS/c1-11(12-7-9-13(18-6)10-8-12)17-14-15(2,3)16(14,4)5/h7-11,14,17H,1-6H3. The molecule has 0 amide bonds. The SMILES string of the molecule is CSc1ccc(C(C)NC2C(C)(C)C2(C)C)cc1. The van der Waals surface area contributed by atoms with Gasteiger partial charge >= 0.3 is 0 Å². The lowest BCUT2D eigenvalue weighted by molar-refractivity contribution is 0.457. The summed E-state index contributed by atoms with van der Waals surface area (Å²) >= 11 is 1.79. The first kappa shape index (κ1) is 14.0. The predicted molar refractivity (Wildman–Crippen MR) is 81.1 cm³/mol. The smallest absolute Gasteiger partial charge is 0.0294 e. The fourth-order valence-corrected chi connectivity index (χ4v) is 3.26. The summed E-state index contributed by atoms with van der Waals surface area (Å²) in [5.41, 5.74) is 2.19. The minimum atomic E-state index is 0.403. The van der Waals surface area contributed by atoms with Crippen LogP contribution in [-0.4, -0.2) is 12.3 Å². The minimum Gasteiger partial charge on any atom is -0.306 e. The average molecular weight is 263 g/mol. The monoisotopic (exact) mass is 263 g/mol. The fraction of sp³-hybridized carbons (Fsp3) is 0.625. The molecule has 0 radical (unpaired) electrons. The van der Waals surface area contributed by atoms with Crippen molar-refractivity contribution in [3.63, 3.8) is 0 Å². The predicted octanol–water partition coefficient (Wildman–Crippen LogP) is 4.49. The van der Waals surface area contributed by atoms with Crippen molar-refractivity contribution in [2.45, 2.75) is 51.6 Å². The van der Waals surface area contributed by atoms with Gasteiger partial charge in [0.05, 0.1) is 0 Å². The fourth-order valence-electron chi connectivity index (χ4n) is 2.85. The van der Waals surface area contributed by atoms with Crippen LogP contribution in [-0.2, 0) is 0 Å². The summed E-state index contributed by atoms with van der Waals surface area (Å²) in [6, 6.07) is 9.94. The van der Waals surface area contributed by atoms with E-state index in [-0.39, 0.29) is 0 Å². The molecule has 1 saturated carbocycles. The van der Waals surface area contributed by atoms with Crippen LogP contribution < -0.4 is 5.32 Å². The molecule has 0 aliphatic heterocycles. The lowest BCUT2D eigenvalue weighted by Crippen LogP contribution is -2.25. The molecule has 1 aromatic carbocycles. The summed E-state index contributed by atoms with van der Waals surface area (Å²) in [7, 11) is 0. The van der Waals surface area contributed by atoms with Crippen LogP contribution in [0.25, 0.3) is 0 Å². The third-order valence-corrected chi connectivity index (χ3v) is 5.80. The Morgan fingerprint density at radius 2 is 1.56 bits per heavy atom. The van der Waals surface area contributed by atoms with Crippen molar-refractivity contribution in [3.05, 3.63) is 29.8 Å². The lowest BCUT2D eigenvalue weighted by Gasteiger charge is -2.16. The molecule has 0 bridgehead atoms. The third kappa shape index (κ3) is 2.21. The van der Waals surface area contributed by atoms with E-state index in [1.54, 1.807) is 11.8 Å². The summed E-state index contributed by atoms with van der Waals surface area (Å²) < 4.78 is 0. The Bertz CT molecular complexity index is 405. The van der Waals surface area contributed by atoms with E-state index in [2.05, 4.69) is 70.5 Å². The molecule has 1 atom stereocenters. The molecule has 0 heterocycles. The lowest BCUT2D eigenvalue weighted by atomic mass is 10.0. The first-order valence-corrected chi connectivity index (χ1v) is 7.93. The Hall–Kier alpha value is -0.470. The number of rotatable bonds is 4. The van der Waals surface area contributed by atoms with E-state index < -0.39 is 0 Å². The molecule has 0 aromatic heterocycles. The maximum Gasteiger partial charge on any atom is 0.0294 e. The highest BCUT2D eigenvalue weighted by atomic mass is 32.2. The first-order valence-electron chi connectivity index (χ1n) is 6.70. The molecular weight excluding hydrogens is 238 g/mol. The van der Waals surface area contributed by atoms with Gasteiger partial charge in [0.25, 0.3) is 0 Å². The van der Waals surface area contributed by atoms with Crippen molar-refractivity contribution in [2.24, 2.45) is 10.8 Å². The van der Waals surface area contributed by atoms with E-state index in [0.717, 1.165) is 0 Å². The Morgan fingerprint density at radius 3 is 1.94 bits per heavy atom. The number of benzene rings is 1. The van der Waals surface area contributed by atoms with Gasteiger partial charge in [0.2, 0.25) is 0 Å². The van der Waals surface area contributed by atoms with Crippen LogP contribution >= 0.6 is 11.8 Å². The van der Waals surface area contributed by atoms with Crippen LogP contribution in [0.15, 0.2) is 29.2 Å². The van der Waals surface area contributed by atoms with Gasteiger partial charge in [-0.25, -0.2) is 0 Å². The molecule has 1 unspecified atom stereocenters. The highest BCUT2D eigenvalue weighted by Gasteiger charge is 2.64. The van der Waals surface area contributed by atoms with Crippen molar-refractivity contribution in [1.29, 1.82) is 0 Å². The van der Waals surface area contributed by atoms with Crippen LogP contribution in [0.3, 0.4) is 0 Å². The molecule has 18 heavy (non-hydrogen) atoms. The van der Waals surface area contributed by atoms with Gasteiger partial charge in [0, 0.05) is 17.0 Å². The summed E-state index contributed by atoms with van der Waals surface area (Å²) in [6.07, 6.45) is 2.12. The molecule has 1 N–H and O–H groups in total. The van der Waals surface area contributed by atoms with Crippen LogP contribution in [0.5, 0.6) is 0 Å². The Balaban J connectivity index is 2.02. The molecule has 1 fully saturated rings. The molecule has 1 aliphatic rings. The van der Waals surface area contributed by atoms with Gasteiger partial charge < -0.3 is 5.32 Å². The van der Waals surface area contributed by atoms with Gasteiger partial charge in [-0.2, -0.15) is 0 Å². The highest BCUT2D eigenvalue weighted by molar-refractivity contribution is 7.98. The Morgan fingerprint density at radius 1 is 1.06 bits per heavy atom. The Labute approximate surface area is 116 Å². The number of thioether (sulfide) groups is 1. The van der Waals surface area contributed by atoms with E-state index in [0.29, 0.717) is 22.9 Å². The molecule has 0 spiro atoms. The van der Waals surface area contributed by atoms with Gasteiger partial charge in [-0.3, -0.25) is 0 Å². The second kappa shape index (κ2) is 4.57. The maximum absolute atomic E-state index is 3.78. The van der Waals surface area contributed by atoms with Gasteiger partial charge in [0.1, 0.15) is 0 Å². The molecule has 1 aromatic rings. The van der Waals surface area contributed by atoms with E-state index in [1.807, 2.05) is 0 Å². The zero-order valence-corrected chi connectivity index (χ0v) is 13.2. The molecule has 1 nitrogen and oxygen atoms in total. The molecule has 2 heteroatoms. The second-order valence-corrected chi connectivity index (χ2v) is 7.42. The largest absolute Gasteiger partial charge is 0.306 e. The van der Waals surface area contributed by atoms with Gasteiger partial charge in [-0.15, -0.1) is 11.8 Å². The quantitative estimate of drug-likeness (QED) is 0.803. The van der Waals surface area contributed by atoms with Crippen LogP contribution in [0.4, 0.5) is 0 Å². The molecule has 1 aliphatic carbocycles. The molecular formula is C16H25NS. The molecule has 2 rings (SSSR count). The molecule has 0 saturated heterocycles.